The summed E-state index contributed by atoms with van der Waals surface area (Å²) in [6.07, 6.45) is 4.20. The van der Waals surface area contributed by atoms with Gasteiger partial charge in [0.15, 0.2) is 0 Å². The third kappa shape index (κ3) is 6.19. The van der Waals surface area contributed by atoms with Gasteiger partial charge in [0.05, 0.1) is 6.61 Å². The number of benzene rings is 2. The van der Waals surface area contributed by atoms with Gasteiger partial charge in [-0.2, -0.15) is 0 Å². The van der Waals surface area contributed by atoms with Crippen LogP contribution in [0.25, 0.3) is 0 Å². The van der Waals surface area contributed by atoms with Crippen molar-refractivity contribution in [1.29, 1.82) is 0 Å². The molecule has 0 fully saturated rings. The molecule has 2 aromatic carbocycles. The first-order valence-electron chi connectivity index (χ1n) is 9.25. The number of nitrogens with one attached hydrogen (secondary N) is 1. The summed E-state index contributed by atoms with van der Waals surface area (Å²) >= 11 is 5.94. The van der Waals surface area contributed by atoms with Crippen LogP contribution in [0.15, 0.2) is 54.9 Å². The van der Waals surface area contributed by atoms with E-state index in [4.69, 9.17) is 21.1 Å². The minimum Gasteiger partial charge on any atom is -0.493 e. The van der Waals surface area contributed by atoms with Gasteiger partial charge >= 0.3 is 6.01 Å². The summed E-state index contributed by atoms with van der Waals surface area (Å²) in [5.41, 5.74) is 2.60. The molecule has 0 saturated heterocycles. The highest BCUT2D eigenvalue weighted by Crippen LogP contribution is 2.25. The van der Waals surface area contributed by atoms with Crippen molar-refractivity contribution in [3.63, 3.8) is 0 Å². The normalized spacial score (nSPS) is 10.4. The number of halogens is 1. The van der Waals surface area contributed by atoms with E-state index in [0.717, 1.165) is 22.6 Å². The van der Waals surface area contributed by atoms with Crippen LogP contribution in [0.3, 0.4) is 0 Å². The second-order valence-electron chi connectivity index (χ2n) is 6.52. The maximum absolute atomic E-state index is 12.2. The Morgan fingerprint density at radius 1 is 1.07 bits per heavy atom. The molecule has 0 unspecified atom stereocenters. The lowest BCUT2D eigenvalue weighted by atomic mass is 10.2. The molecular formula is C22H22ClN3O3. The molecule has 3 aromatic rings. The molecule has 3 rings (SSSR count). The predicted molar refractivity (Wildman–Crippen MR) is 113 cm³/mol. The summed E-state index contributed by atoms with van der Waals surface area (Å²) < 4.78 is 11.3. The number of anilines is 1. The van der Waals surface area contributed by atoms with Gasteiger partial charge in [-0.1, -0.05) is 11.6 Å². The first kappa shape index (κ1) is 20.6. The second kappa shape index (κ2) is 9.89. The van der Waals surface area contributed by atoms with Gasteiger partial charge in [-0.05, 0) is 73.9 Å². The highest BCUT2D eigenvalue weighted by molar-refractivity contribution is 6.30. The standard InChI is InChI=1S/C22H22ClN3O3/c1-15-14-18(29-22-24-10-4-11-25-22)7-8-19(15)26-21(27)5-3-12-28-20-9-6-17(23)13-16(20)2/h4,6-11,13-14H,3,5,12H2,1-2H3,(H,26,27). The third-order valence-electron chi connectivity index (χ3n) is 4.17. The number of amides is 1. The van der Waals surface area contributed by atoms with E-state index >= 15 is 0 Å². The maximum atomic E-state index is 12.2. The smallest absolute Gasteiger partial charge is 0.321 e. The van der Waals surface area contributed by atoms with Crippen LogP contribution in [0.1, 0.15) is 24.0 Å². The van der Waals surface area contributed by atoms with Crippen molar-refractivity contribution < 1.29 is 14.3 Å². The summed E-state index contributed by atoms with van der Waals surface area (Å²) in [4.78, 5) is 20.3. The highest BCUT2D eigenvalue weighted by atomic mass is 35.5. The van der Waals surface area contributed by atoms with Gasteiger partial charge < -0.3 is 14.8 Å². The molecule has 0 aliphatic rings. The van der Waals surface area contributed by atoms with Gasteiger partial charge in [-0.15, -0.1) is 0 Å². The van der Waals surface area contributed by atoms with E-state index in [2.05, 4.69) is 15.3 Å². The van der Waals surface area contributed by atoms with Crippen molar-refractivity contribution in [2.24, 2.45) is 0 Å². The molecule has 0 atom stereocenters. The zero-order valence-corrected chi connectivity index (χ0v) is 17.1. The van der Waals surface area contributed by atoms with E-state index < -0.39 is 0 Å². The Morgan fingerprint density at radius 3 is 2.59 bits per heavy atom. The molecule has 0 radical (unpaired) electrons. The lowest BCUT2D eigenvalue weighted by Gasteiger charge is -2.11. The quantitative estimate of drug-likeness (QED) is 0.506. The van der Waals surface area contributed by atoms with E-state index in [9.17, 15) is 4.79 Å². The molecule has 29 heavy (non-hydrogen) atoms. The average Bonchev–Trinajstić information content (AvgIpc) is 2.69. The largest absolute Gasteiger partial charge is 0.493 e. The summed E-state index contributed by atoms with van der Waals surface area (Å²) in [6, 6.07) is 12.9. The number of hydrogen-bond acceptors (Lipinski definition) is 5. The lowest BCUT2D eigenvalue weighted by molar-refractivity contribution is -0.116. The number of aryl methyl sites for hydroxylation is 2. The zero-order chi connectivity index (χ0) is 20.6. The molecule has 0 saturated carbocycles. The van der Waals surface area contributed by atoms with Crippen molar-refractivity contribution in [2.75, 3.05) is 11.9 Å². The van der Waals surface area contributed by atoms with Crippen LogP contribution in [0.2, 0.25) is 5.02 Å². The number of carbonyl (C=O) groups is 1. The first-order valence-corrected chi connectivity index (χ1v) is 9.63. The third-order valence-corrected chi connectivity index (χ3v) is 4.40. The van der Waals surface area contributed by atoms with Crippen molar-refractivity contribution in [3.8, 4) is 17.5 Å². The molecule has 0 spiro atoms. The lowest BCUT2D eigenvalue weighted by Crippen LogP contribution is -2.13. The van der Waals surface area contributed by atoms with Crippen molar-refractivity contribution in [1.82, 2.24) is 9.97 Å². The summed E-state index contributed by atoms with van der Waals surface area (Å²) in [6.45, 7) is 4.30. The Hall–Kier alpha value is -3.12. The van der Waals surface area contributed by atoms with Crippen LogP contribution in [-0.2, 0) is 4.79 Å². The SMILES string of the molecule is Cc1cc(Oc2ncccn2)ccc1NC(=O)CCCOc1ccc(Cl)cc1C. The number of rotatable bonds is 8. The maximum Gasteiger partial charge on any atom is 0.321 e. The Morgan fingerprint density at radius 2 is 1.86 bits per heavy atom. The molecule has 1 amide bonds. The number of nitrogens with zero attached hydrogens (tertiary/aromatic N) is 2. The van der Waals surface area contributed by atoms with Crippen LogP contribution in [0.5, 0.6) is 17.5 Å². The Bertz CT molecular complexity index is 980. The molecule has 1 heterocycles. The molecule has 0 aliphatic heterocycles. The van der Waals surface area contributed by atoms with Crippen molar-refractivity contribution in [3.05, 3.63) is 71.0 Å². The van der Waals surface area contributed by atoms with Gasteiger partial charge in [0.1, 0.15) is 11.5 Å². The zero-order valence-electron chi connectivity index (χ0n) is 16.3. The van der Waals surface area contributed by atoms with Crippen LogP contribution in [0, 0.1) is 13.8 Å². The summed E-state index contributed by atoms with van der Waals surface area (Å²) in [5.74, 6) is 1.33. The Kier molecular flexibility index (Phi) is 7.03. The topological polar surface area (TPSA) is 73.3 Å². The van der Waals surface area contributed by atoms with Crippen LogP contribution in [-0.4, -0.2) is 22.5 Å². The van der Waals surface area contributed by atoms with E-state index in [1.807, 2.05) is 32.0 Å². The molecule has 6 nitrogen and oxygen atoms in total. The second-order valence-corrected chi connectivity index (χ2v) is 6.96. The molecule has 150 valence electrons. The van der Waals surface area contributed by atoms with E-state index in [-0.39, 0.29) is 11.9 Å². The van der Waals surface area contributed by atoms with Gasteiger partial charge in [-0.3, -0.25) is 4.79 Å². The molecular weight excluding hydrogens is 390 g/mol. The number of hydrogen-bond donors (Lipinski definition) is 1. The van der Waals surface area contributed by atoms with Gasteiger partial charge in [-0.25, -0.2) is 9.97 Å². The number of ether oxygens (including phenoxy) is 2. The van der Waals surface area contributed by atoms with E-state index in [1.165, 1.54) is 0 Å². The predicted octanol–water partition coefficient (Wildman–Crippen LogP) is 5.34. The fourth-order valence-electron chi connectivity index (χ4n) is 2.69. The molecule has 1 aromatic heterocycles. The first-order chi connectivity index (χ1) is 14.0. The van der Waals surface area contributed by atoms with E-state index in [0.29, 0.717) is 30.2 Å². The number of carbonyl (C=O) groups excluding carboxylic acids is 1. The highest BCUT2D eigenvalue weighted by Gasteiger charge is 2.08. The number of aromatic nitrogens is 2. The Labute approximate surface area is 174 Å². The molecule has 1 N–H and O–H groups in total. The minimum atomic E-state index is -0.0652. The molecule has 0 aliphatic carbocycles. The fourth-order valence-corrected chi connectivity index (χ4v) is 2.91. The Balaban J connectivity index is 1.46. The van der Waals surface area contributed by atoms with E-state index in [1.54, 1.807) is 36.7 Å². The van der Waals surface area contributed by atoms with Crippen LogP contribution in [0.4, 0.5) is 5.69 Å². The molecule has 0 bridgehead atoms. The van der Waals surface area contributed by atoms with Crippen molar-refractivity contribution >= 4 is 23.2 Å². The summed E-state index contributed by atoms with van der Waals surface area (Å²) in [7, 11) is 0. The average molecular weight is 412 g/mol. The monoisotopic (exact) mass is 411 g/mol. The van der Waals surface area contributed by atoms with Gasteiger partial charge in [0.25, 0.3) is 0 Å². The molecule has 7 heteroatoms. The fraction of sp³-hybridized carbons (Fsp3) is 0.227. The van der Waals surface area contributed by atoms with Crippen LogP contribution >= 0.6 is 11.6 Å². The van der Waals surface area contributed by atoms with Crippen LogP contribution < -0.4 is 14.8 Å². The van der Waals surface area contributed by atoms with Crippen molar-refractivity contribution in [2.45, 2.75) is 26.7 Å². The minimum absolute atomic E-state index is 0.0652. The van der Waals surface area contributed by atoms with Gasteiger partial charge in [0.2, 0.25) is 5.91 Å². The van der Waals surface area contributed by atoms with Gasteiger partial charge in [0, 0.05) is 29.5 Å². The summed E-state index contributed by atoms with van der Waals surface area (Å²) in [5, 5.41) is 3.60.